The average Bonchev–Trinajstić information content (AvgIpc) is 2.80. The first-order chi connectivity index (χ1) is 9.28. The molecule has 0 aliphatic carbocycles. The number of hydrogen-bond acceptors (Lipinski definition) is 3. The molecule has 100 valence electrons. The highest BCUT2D eigenvalue weighted by molar-refractivity contribution is 5.62. The minimum Gasteiger partial charge on any atom is -0.493 e. The van der Waals surface area contributed by atoms with Gasteiger partial charge in [-0.25, -0.2) is 0 Å². The van der Waals surface area contributed by atoms with E-state index in [1.54, 1.807) is 0 Å². The first kappa shape index (κ1) is 12.2. The third kappa shape index (κ3) is 2.36. The van der Waals surface area contributed by atoms with Gasteiger partial charge in [-0.3, -0.25) is 4.68 Å². The zero-order valence-corrected chi connectivity index (χ0v) is 11.2. The fourth-order valence-corrected chi connectivity index (χ4v) is 2.55. The van der Waals surface area contributed by atoms with Crippen molar-refractivity contribution in [1.29, 1.82) is 0 Å². The Bertz CT molecular complexity index is 589. The molecule has 2 aromatic rings. The van der Waals surface area contributed by atoms with Crippen molar-refractivity contribution in [2.75, 3.05) is 13.2 Å². The van der Waals surface area contributed by atoms with Crippen LogP contribution in [0.1, 0.15) is 17.7 Å². The number of aromatic nitrogens is 2. The second kappa shape index (κ2) is 5.05. The summed E-state index contributed by atoms with van der Waals surface area (Å²) in [5, 5.41) is 4.57. The van der Waals surface area contributed by atoms with E-state index in [-0.39, 0.29) is 0 Å². The Kier molecular flexibility index (Phi) is 3.25. The summed E-state index contributed by atoms with van der Waals surface area (Å²) in [5.41, 5.74) is 10.2. The van der Waals surface area contributed by atoms with Crippen LogP contribution in [0.25, 0.3) is 11.3 Å². The van der Waals surface area contributed by atoms with Crippen LogP contribution in [0.2, 0.25) is 0 Å². The highest BCUT2D eigenvalue weighted by atomic mass is 16.5. The molecule has 4 nitrogen and oxygen atoms in total. The number of nitrogens with zero attached hydrogens (tertiary/aromatic N) is 2. The zero-order chi connectivity index (χ0) is 13.2. The predicted molar refractivity (Wildman–Crippen MR) is 75.2 cm³/mol. The van der Waals surface area contributed by atoms with E-state index in [1.165, 1.54) is 11.3 Å². The molecule has 0 fully saturated rings. The summed E-state index contributed by atoms with van der Waals surface area (Å²) in [6, 6.07) is 8.46. The van der Waals surface area contributed by atoms with Gasteiger partial charge in [0.1, 0.15) is 5.75 Å². The van der Waals surface area contributed by atoms with Crippen molar-refractivity contribution < 1.29 is 4.74 Å². The quantitative estimate of drug-likeness (QED) is 0.914. The first-order valence-electron chi connectivity index (χ1n) is 6.77. The maximum atomic E-state index is 5.64. The van der Waals surface area contributed by atoms with Crippen molar-refractivity contribution >= 4 is 0 Å². The van der Waals surface area contributed by atoms with Gasteiger partial charge in [0.15, 0.2) is 0 Å². The van der Waals surface area contributed by atoms with E-state index in [4.69, 9.17) is 10.5 Å². The molecule has 0 saturated carbocycles. The zero-order valence-electron chi connectivity index (χ0n) is 11.2. The van der Waals surface area contributed by atoms with Gasteiger partial charge >= 0.3 is 0 Å². The molecular weight excluding hydrogens is 238 g/mol. The monoisotopic (exact) mass is 257 g/mol. The van der Waals surface area contributed by atoms with Crippen LogP contribution < -0.4 is 10.5 Å². The SMILES string of the molecule is Cn1nc(-c2ccc3c(c2)CCCO3)cc1CCN. The van der Waals surface area contributed by atoms with Crippen molar-refractivity contribution in [3.05, 3.63) is 35.5 Å². The molecule has 1 aromatic carbocycles. The molecule has 1 aliphatic rings. The van der Waals surface area contributed by atoms with Crippen LogP contribution in [0, 0.1) is 0 Å². The van der Waals surface area contributed by atoms with Gasteiger partial charge in [0.05, 0.1) is 12.3 Å². The van der Waals surface area contributed by atoms with Gasteiger partial charge in [-0.2, -0.15) is 5.10 Å². The van der Waals surface area contributed by atoms with Crippen molar-refractivity contribution in [2.24, 2.45) is 12.8 Å². The molecule has 1 aliphatic heterocycles. The summed E-state index contributed by atoms with van der Waals surface area (Å²) in [7, 11) is 1.97. The highest BCUT2D eigenvalue weighted by Crippen LogP contribution is 2.29. The van der Waals surface area contributed by atoms with Gasteiger partial charge in [-0.05, 0) is 49.2 Å². The topological polar surface area (TPSA) is 53.1 Å². The van der Waals surface area contributed by atoms with Crippen LogP contribution in [0.15, 0.2) is 24.3 Å². The lowest BCUT2D eigenvalue weighted by atomic mass is 10.0. The van der Waals surface area contributed by atoms with Gasteiger partial charge < -0.3 is 10.5 Å². The Hall–Kier alpha value is -1.81. The molecule has 3 rings (SSSR count). The number of ether oxygens (including phenoxy) is 1. The standard InChI is InChI=1S/C15H19N3O/c1-18-13(6-7-16)10-14(17-18)11-4-5-15-12(9-11)3-2-8-19-15/h4-5,9-10H,2-3,6-8,16H2,1H3. The van der Waals surface area contributed by atoms with E-state index in [1.807, 2.05) is 11.7 Å². The van der Waals surface area contributed by atoms with Crippen LogP contribution in [-0.2, 0) is 19.9 Å². The van der Waals surface area contributed by atoms with Crippen molar-refractivity contribution in [3.63, 3.8) is 0 Å². The summed E-state index contributed by atoms with van der Waals surface area (Å²) >= 11 is 0. The Morgan fingerprint density at radius 1 is 1.37 bits per heavy atom. The van der Waals surface area contributed by atoms with Gasteiger partial charge in [-0.15, -0.1) is 0 Å². The molecule has 2 heterocycles. The smallest absolute Gasteiger partial charge is 0.122 e. The predicted octanol–water partition coefficient (Wildman–Crippen LogP) is 1.91. The third-order valence-electron chi connectivity index (χ3n) is 3.58. The minimum atomic E-state index is 0.650. The lowest BCUT2D eigenvalue weighted by molar-refractivity contribution is 0.288. The number of nitrogens with two attached hydrogens (primary N) is 1. The average molecular weight is 257 g/mol. The molecule has 0 radical (unpaired) electrons. The third-order valence-corrected chi connectivity index (χ3v) is 3.58. The second-order valence-electron chi connectivity index (χ2n) is 4.96. The molecular formula is C15H19N3O. The Balaban J connectivity index is 1.95. The minimum absolute atomic E-state index is 0.650. The summed E-state index contributed by atoms with van der Waals surface area (Å²) in [4.78, 5) is 0. The largest absolute Gasteiger partial charge is 0.493 e. The first-order valence-corrected chi connectivity index (χ1v) is 6.77. The Morgan fingerprint density at radius 3 is 3.11 bits per heavy atom. The van der Waals surface area contributed by atoms with E-state index in [0.717, 1.165) is 42.9 Å². The fraction of sp³-hybridized carbons (Fsp3) is 0.400. The summed E-state index contributed by atoms with van der Waals surface area (Å²) < 4.78 is 7.55. The van der Waals surface area contributed by atoms with E-state index in [9.17, 15) is 0 Å². The maximum absolute atomic E-state index is 5.64. The lowest BCUT2D eigenvalue weighted by Crippen LogP contribution is -2.08. The Morgan fingerprint density at radius 2 is 2.26 bits per heavy atom. The molecule has 0 saturated heterocycles. The van der Waals surface area contributed by atoms with Gasteiger partial charge in [0, 0.05) is 24.7 Å². The summed E-state index contributed by atoms with van der Waals surface area (Å²) in [6.07, 6.45) is 3.04. The maximum Gasteiger partial charge on any atom is 0.122 e. The second-order valence-corrected chi connectivity index (χ2v) is 4.96. The van der Waals surface area contributed by atoms with E-state index in [2.05, 4.69) is 29.4 Å². The number of fused-ring (bicyclic) bond motifs is 1. The summed E-state index contributed by atoms with van der Waals surface area (Å²) in [6.45, 7) is 1.48. The van der Waals surface area contributed by atoms with Crippen LogP contribution in [-0.4, -0.2) is 22.9 Å². The van der Waals surface area contributed by atoms with Crippen LogP contribution >= 0.6 is 0 Å². The number of aryl methyl sites for hydroxylation is 2. The molecule has 0 spiro atoms. The van der Waals surface area contributed by atoms with Crippen molar-refractivity contribution in [1.82, 2.24) is 9.78 Å². The highest BCUT2D eigenvalue weighted by Gasteiger charge is 2.13. The van der Waals surface area contributed by atoms with Crippen LogP contribution in [0.3, 0.4) is 0 Å². The van der Waals surface area contributed by atoms with E-state index >= 15 is 0 Å². The molecule has 19 heavy (non-hydrogen) atoms. The molecule has 0 unspecified atom stereocenters. The van der Waals surface area contributed by atoms with E-state index < -0.39 is 0 Å². The number of benzene rings is 1. The van der Waals surface area contributed by atoms with Gasteiger partial charge in [0.2, 0.25) is 0 Å². The van der Waals surface area contributed by atoms with Gasteiger partial charge in [-0.1, -0.05) is 0 Å². The van der Waals surface area contributed by atoms with Crippen molar-refractivity contribution in [2.45, 2.75) is 19.3 Å². The van der Waals surface area contributed by atoms with Crippen LogP contribution in [0.5, 0.6) is 5.75 Å². The number of hydrogen-bond donors (Lipinski definition) is 1. The van der Waals surface area contributed by atoms with Crippen molar-refractivity contribution in [3.8, 4) is 17.0 Å². The Labute approximate surface area is 113 Å². The molecule has 0 atom stereocenters. The lowest BCUT2D eigenvalue weighted by Gasteiger charge is -2.17. The van der Waals surface area contributed by atoms with Gasteiger partial charge in [0.25, 0.3) is 0 Å². The molecule has 1 aromatic heterocycles. The molecule has 0 amide bonds. The molecule has 2 N–H and O–H groups in total. The molecule has 4 heteroatoms. The fourth-order valence-electron chi connectivity index (χ4n) is 2.55. The number of rotatable bonds is 3. The van der Waals surface area contributed by atoms with E-state index in [0.29, 0.717) is 6.54 Å². The summed E-state index contributed by atoms with van der Waals surface area (Å²) in [5.74, 6) is 1.02. The normalized spacial score (nSPS) is 14.0. The van der Waals surface area contributed by atoms with Crippen LogP contribution in [0.4, 0.5) is 0 Å². The molecule has 0 bridgehead atoms.